The second kappa shape index (κ2) is 12.1. The third kappa shape index (κ3) is 6.38. The highest BCUT2D eigenvalue weighted by atomic mass is 127. The molecule has 0 aliphatic rings. The summed E-state index contributed by atoms with van der Waals surface area (Å²) in [4.78, 5) is 8.76. The molecule has 0 aliphatic heterocycles. The number of aromatic nitrogens is 2. The molecule has 0 saturated heterocycles. The Hall–Kier alpha value is -2.75. The molecule has 0 saturated carbocycles. The fourth-order valence-corrected chi connectivity index (χ4v) is 2.99. The average Bonchev–Trinajstić information content (AvgIpc) is 3.21. The van der Waals surface area contributed by atoms with Crippen LogP contribution in [0.1, 0.15) is 17.0 Å². The normalized spacial score (nSPS) is 10.8. The van der Waals surface area contributed by atoms with E-state index >= 15 is 0 Å². The van der Waals surface area contributed by atoms with Crippen LogP contribution in [-0.4, -0.2) is 36.8 Å². The van der Waals surface area contributed by atoms with E-state index in [0.29, 0.717) is 30.5 Å². The number of ether oxygens (including phenoxy) is 2. The zero-order valence-electron chi connectivity index (χ0n) is 17.5. The first-order chi connectivity index (χ1) is 14.2. The molecule has 1 aromatic heterocycles. The lowest BCUT2D eigenvalue weighted by molar-refractivity contribution is 0.354. The predicted octanol–water partition coefficient (Wildman–Crippen LogP) is 3.43. The minimum Gasteiger partial charge on any atom is -0.493 e. The molecular weight excluding hydrogens is 493 g/mol. The molecule has 0 spiro atoms. The summed E-state index contributed by atoms with van der Waals surface area (Å²) >= 11 is 0. The van der Waals surface area contributed by atoms with E-state index in [4.69, 9.17) is 9.47 Å². The van der Waals surface area contributed by atoms with Gasteiger partial charge in [-0.3, -0.25) is 4.99 Å². The molecule has 3 rings (SSSR count). The highest BCUT2D eigenvalue weighted by molar-refractivity contribution is 14.0. The third-order valence-corrected chi connectivity index (χ3v) is 4.54. The Balaban J connectivity index is 0.00000320. The van der Waals surface area contributed by atoms with Crippen LogP contribution in [0.2, 0.25) is 0 Å². The van der Waals surface area contributed by atoms with Crippen molar-refractivity contribution < 1.29 is 9.47 Å². The van der Waals surface area contributed by atoms with E-state index in [0.717, 1.165) is 17.9 Å². The minimum absolute atomic E-state index is 0. The molecule has 2 aromatic carbocycles. The number of nitrogens with one attached hydrogen (secondary N) is 2. The molecule has 0 atom stereocenters. The van der Waals surface area contributed by atoms with Crippen LogP contribution >= 0.6 is 24.0 Å². The molecule has 0 bridgehead atoms. The second-order valence-electron chi connectivity index (χ2n) is 6.43. The third-order valence-electron chi connectivity index (χ3n) is 4.54. The summed E-state index contributed by atoms with van der Waals surface area (Å²) in [6, 6.07) is 16.2. The summed E-state index contributed by atoms with van der Waals surface area (Å²) in [7, 11) is 5.01. The number of methoxy groups -OCH3 is 2. The van der Waals surface area contributed by atoms with Gasteiger partial charge in [-0.25, -0.2) is 4.98 Å². The Bertz CT molecular complexity index is 944. The molecule has 8 heteroatoms. The maximum Gasteiger partial charge on any atom is 0.191 e. The van der Waals surface area contributed by atoms with Gasteiger partial charge < -0.3 is 24.7 Å². The monoisotopic (exact) mass is 521 g/mol. The molecule has 0 amide bonds. The maximum atomic E-state index is 5.36. The Kier molecular flexibility index (Phi) is 9.46. The fourth-order valence-electron chi connectivity index (χ4n) is 2.99. The van der Waals surface area contributed by atoms with E-state index in [1.165, 1.54) is 5.56 Å². The van der Waals surface area contributed by atoms with Crippen molar-refractivity contribution in [2.24, 2.45) is 4.99 Å². The maximum absolute atomic E-state index is 5.36. The number of rotatable bonds is 8. The van der Waals surface area contributed by atoms with E-state index in [9.17, 15) is 0 Å². The lowest BCUT2D eigenvalue weighted by atomic mass is 10.2. The zero-order chi connectivity index (χ0) is 20.5. The first kappa shape index (κ1) is 23.5. The number of benzene rings is 2. The molecule has 0 fully saturated rings. The molecule has 0 unspecified atom stereocenters. The van der Waals surface area contributed by atoms with Gasteiger partial charge in [0.25, 0.3) is 0 Å². The molecule has 3 aromatic rings. The van der Waals surface area contributed by atoms with Crippen LogP contribution in [0.4, 0.5) is 0 Å². The average molecular weight is 521 g/mol. The number of hydrogen-bond donors (Lipinski definition) is 2. The van der Waals surface area contributed by atoms with Crippen LogP contribution in [0.25, 0.3) is 0 Å². The number of nitrogens with zero attached hydrogens (tertiary/aromatic N) is 3. The van der Waals surface area contributed by atoms with Gasteiger partial charge in [-0.15, -0.1) is 24.0 Å². The van der Waals surface area contributed by atoms with Crippen LogP contribution in [0.5, 0.6) is 11.5 Å². The summed E-state index contributed by atoms with van der Waals surface area (Å²) in [5, 5.41) is 6.63. The van der Waals surface area contributed by atoms with Gasteiger partial charge in [0.15, 0.2) is 17.5 Å². The van der Waals surface area contributed by atoms with Crippen LogP contribution < -0.4 is 20.1 Å². The highest BCUT2D eigenvalue weighted by Gasteiger charge is 2.07. The first-order valence-electron chi connectivity index (χ1n) is 9.43. The lowest BCUT2D eigenvalue weighted by Crippen LogP contribution is -2.37. The van der Waals surface area contributed by atoms with Crippen molar-refractivity contribution in [3.8, 4) is 11.5 Å². The number of hydrogen-bond acceptors (Lipinski definition) is 4. The Morgan fingerprint density at radius 1 is 0.967 bits per heavy atom. The van der Waals surface area contributed by atoms with Gasteiger partial charge in [0.1, 0.15) is 5.82 Å². The number of imidazole rings is 1. The number of aliphatic imine (C=N–C) groups is 1. The largest absolute Gasteiger partial charge is 0.493 e. The summed E-state index contributed by atoms with van der Waals surface area (Å²) in [6.45, 7) is 1.97. The van der Waals surface area contributed by atoms with Gasteiger partial charge in [-0.1, -0.05) is 36.4 Å². The van der Waals surface area contributed by atoms with Gasteiger partial charge in [-0.05, 0) is 23.3 Å². The fraction of sp³-hybridized carbons (Fsp3) is 0.273. The zero-order valence-corrected chi connectivity index (χ0v) is 19.8. The Morgan fingerprint density at radius 2 is 1.70 bits per heavy atom. The second-order valence-corrected chi connectivity index (χ2v) is 6.43. The quantitative estimate of drug-likeness (QED) is 0.270. The molecule has 1 heterocycles. The van der Waals surface area contributed by atoms with E-state index in [1.807, 2.05) is 48.8 Å². The van der Waals surface area contributed by atoms with Crippen LogP contribution in [-0.2, 0) is 19.6 Å². The summed E-state index contributed by atoms with van der Waals surface area (Å²) in [6.07, 6.45) is 3.81. The van der Waals surface area contributed by atoms with Gasteiger partial charge in [0, 0.05) is 32.5 Å². The highest BCUT2D eigenvalue weighted by Crippen LogP contribution is 2.27. The molecule has 160 valence electrons. The number of halogens is 1. The number of guanidine groups is 1. The lowest BCUT2D eigenvalue weighted by Gasteiger charge is -2.14. The van der Waals surface area contributed by atoms with Crippen LogP contribution in [0.15, 0.2) is 65.9 Å². The van der Waals surface area contributed by atoms with Crippen LogP contribution in [0, 0.1) is 0 Å². The SMILES string of the molecule is CN=C(NCc1ccc(OC)c(OC)c1)NCc1nccn1Cc1ccccc1.I. The smallest absolute Gasteiger partial charge is 0.191 e. The van der Waals surface area contributed by atoms with Crippen molar-refractivity contribution in [1.82, 2.24) is 20.2 Å². The van der Waals surface area contributed by atoms with Gasteiger partial charge in [0.05, 0.1) is 20.8 Å². The van der Waals surface area contributed by atoms with Gasteiger partial charge >= 0.3 is 0 Å². The van der Waals surface area contributed by atoms with Gasteiger partial charge in [-0.2, -0.15) is 0 Å². The predicted molar refractivity (Wildman–Crippen MR) is 130 cm³/mol. The van der Waals surface area contributed by atoms with E-state index in [1.54, 1.807) is 21.3 Å². The van der Waals surface area contributed by atoms with E-state index in [2.05, 4.69) is 37.3 Å². The first-order valence-corrected chi connectivity index (χ1v) is 9.43. The Labute approximate surface area is 194 Å². The van der Waals surface area contributed by atoms with Crippen molar-refractivity contribution >= 4 is 29.9 Å². The van der Waals surface area contributed by atoms with Crippen LogP contribution in [0.3, 0.4) is 0 Å². The molecular formula is C22H28IN5O2. The van der Waals surface area contributed by atoms with Crippen molar-refractivity contribution in [3.63, 3.8) is 0 Å². The van der Waals surface area contributed by atoms with Crippen molar-refractivity contribution in [1.29, 1.82) is 0 Å². The van der Waals surface area contributed by atoms with E-state index < -0.39 is 0 Å². The molecule has 30 heavy (non-hydrogen) atoms. The van der Waals surface area contributed by atoms with Gasteiger partial charge in [0.2, 0.25) is 0 Å². The molecule has 0 radical (unpaired) electrons. The summed E-state index contributed by atoms with van der Waals surface area (Å²) in [5.41, 5.74) is 2.30. The van der Waals surface area contributed by atoms with Crippen molar-refractivity contribution in [2.45, 2.75) is 19.6 Å². The minimum atomic E-state index is 0. The van der Waals surface area contributed by atoms with E-state index in [-0.39, 0.29) is 24.0 Å². The Morgan fingerprint density at radius 3 is 2.40 bits per heavy atom. The van der Waals surface area contributed by atoms with Crippen molar-refractivity contribution in [3.05, 3.63) is 77.9 Å². The van der Waals surface area contributed by atoms with Crippen molar-refractivity contribution in [2.75, 3.05) is 21.3 Å². The summed E-state index contributed by atoms with van der Waals surface area (Å²) < 4.78 is 12.8. The standard InChI is InChI=1S/C22H27N5O2.HI/c1-23-22(25-14-18-9-10-19(28-2)20(13-18)29-3)26-15-21-24-11-12-27(21)16-17-7-5-4-6-8-17;/h4-13H,14-16H2,1-3H3,(H2,23,25,26);1H. The molecule has 7 nitrogen and oxygen atoms in total. The topological polar surface area (TPSA) is 72.7 Å². The summed E-state index contributed by atoms with van der Waals surface area (Å²) in [5.74, 6) is 3.07. The molecule has 0 aliphatic carbocycles. The molecule has 2 N–H and O–H groups in total.